The van der Waals surface area contributed by atoms with E-state index in [-0.39, 0.29) is 12.6 Å². The average Bonchev–Trinajstić information content (AvgIpc) is 2.85. The number of anilines is 1. The first kappa shape index (κ1) is 14.9. The van der Waals surface area contributed by atoms with Gasteiger partial charge in [-0.15, -0.1) is 0 Å². The third kappa shape index (κ3) is 4.52. The zero-order chi connectivity index (χ0) is 15.2. The summed E-state index contributed by atoms with van der Waals surface area (Å²) in [5.41, 5.74) is 7.23. The molecule has 1 aromatic heterocycles. The van der Waals surface area contributed by atoms with Crippen molar-refractivity contribution in [1.29, 1.82) is 0 Å². The molecule has 1 atom stereocenters. The number of rotatable bonds is 7. The minimum absolute atomic E-state index is 0.0918. The van der Waals surface area contributed by atoms with Crippen molar-refractivity contribution >= 4 is 11.6 Å². The zero-order valence-corrected chi connectivity index (χ0v) is 12.2. The Morgan fingerprint density at radius 1 is 1.43 bits per heavy atom. The Kier molecular flexibility index (Phi) is 4.81. The molecule has 0 saturated carbocycles. The zero-order valence-electron chi connectivity index (χ0n) is 12.2. The van der Waals surface area contributed by atoms with E-state index in [4.69, 9.17) is 10.5 Å². The number of nitrogens with two attached hydrogens (primary N) is 1. The van der Waals surface area contributed by atoms with E-state index in [9.17, 15) is 4.79 Å². The van der Waals surface area contributed by atoms with Gasteiger partial charge in [-0.1, -0.05) is 12.1 Å². The van der Waals surface area contributed by atoms with E-state index >= 15 is 0 Å². The van der Waals surface area contributed by atoms with Crippen LogP contribution in [-0.4, -0.2) is 28.8 Å². The highest BCUT2D eigenvalue weighted by atomic mass is 16.5. The van der Waals surface area contributed by atoms with Crippen LogP contribution >= 0.6 is 0 Å². The van der Waals surface area contributed by atoms with Crippen LogP contribution in [0.5, 0.6) is 5.75 Å². The lowest BCUT2D eigenvalue weighted by atomic mass is 10.1. The third-order valence-corrected chi connectivity index (χ3v) is 3.07. The molecule has 6 heteroatoms. The van der Waals surface area contributed by atoms with Gasteiger partial charge in [-0.3, -0.25) is 9.48 Å². The molecule has 0 bridgehead atoms. The lowest BCUT2D eigenvalue weighted by Gasteiger charge is -2.13. The summed E-state index contributed by atoms with van der Waals surface area (Å²) in [7, 11) is 1.66. The normalized spacial score (nSPS) is 11.9. The monoisotopic (exact) mass is 288 g/mol. The third-order valence-electron chi connectivity index (χ3n) is 3.07. The second-order valence-electron chi connectivity index (χ2n) is 4.99. The van der Waals surface area contributed by atoms with E-state index in [2.05, 4.69) is 17.3 Å². The van der Waals surface area contributed by atoms with Gasteiger partial charge in [-0.2, -0.15) is 5.10 Å². The van der Waals surface area contributed by atoms with Crippen LogP contribution in [0.1, 0.15) is 12.5 Å². The van der Waals surface area contributed by atoms with Crippen LogP contribution in [0.4, 0.5) is 5.69 Å². The predicted molar refractivity (Wildman–Crippen MR) is 81.2 cm³/mol. The summed E-state index contributed by atoms with van der Waals surface area (Å²) in [6.07, 6.45) is 4.34. The highest BCUT2D eigenvalue weighted by Gasteiger charge is 2.06. The minimum atomic E-state index is -0.407. The highest BCUT2D eigenvalue weighted by molar-refractivity contribution is 5.73. The summed E-state index contributed by atoms with van der Waals surface area (Å²) in [6, 6.07) is 8.24. The maximum Gasteiger partial charge on any atom is 0.239 e. The Labute approximate surface area is 123 Å². The van der Waals surface area contributed by atoms with Crippen LogP contribution < -0.4 is 15.8 Å². The van der Waals surface area contributed by atoms with E-state index in [0.717, 1.165) is 17.9 Å². The van der Waals surface area contributed by atoms with Crippen molar-refractivity contribution in [1.82, 2.24) is 9.78 Å². The second-order valence-corrected chi connectivity index (χ2v) is 4.99. The molecule has 2 rings (SSSR count). The lowest BCUT2D eigenvalue weighted by molar-refractivity contribution is -0.118. The van der Waals surface area contributed by atoms with Crippen LogP contribution in [0.2, 0.25) is 0 Å². The molecule has 6 nitrogen and oxygen atoms in total. The fourth-order valence-electron chi connectivity index (χ4n) is 2.13. The number of nitrogens with zero attached hydrogens (tertiary/aromatic N) is 2. The Morgan fingerprint density at radius 2 is 2.14 bits per heavy atom. The molecule has 1 heterocycles. The molecule has 21 heavy (non-hydrogen) atoms. The molecule has 0 saturated heterocycles. The van der Waals surface area contributed by atoms with E-state index < -0.39 is 5.91 Å². The number of aromatic nitrogens is 2. The number of ether oxygens (including phenoxy) is 1. The van der Waals surface area contributed by atoms with Gasteiger partial charge in [-0.05, 0) is 31.0 Å². The predicted octanol–water partition coefficient (Wildman–Crippen LogP) is 1.42. The summed E-state index contributed by atoms with van der Waals surface area (Å²) < 4.78 is 6.66. The van der Waals surface area contributed by atoms with Gasteiger partial charge in [-0.25, -0.2) is 0 Å². The van der Waals surface area contributed by atoms with Gasteiger partial charge in [0.15, 0.2) is 0 Å². The van der Waals surface area contributed by atoms with Crippen molar-refractivity contribution in [3.05, 3.63) is 42.2 Å². The Morgan fingerprint density at radius 3 is 2.76 bits per heavy atom. The molecule has 112 valence electrons. The number of methoxy groups -OCH3 is 1. The summed E-state index contributed by atoms with van der Waals surface area (Å²) in [5, 5.41) is 7.42. The standard InChI is InChI=1S/C15H20N4O2/c1-11(7-12-3-5-14(21-2)6-4-12)18-13-8-17-19(9-13)10-15(16)20/h3-6,8-9,11,18H,7,10H2,1-2H3,(H2,16,20). The Hall–Kier alpha value is -2.50. The molecule has 0 aliphatic carbocycles. The lowest BCUT2D eigenvalue weighted by Crippen LogP contribution is -2.19. The van der Waals surface area contributed by atoms with Crippen LogP contribution in [0.3, 0.4) is 0 Å². The maximum absolute atomic E-state index is 10.8. The molecule has 0 radical (unpaired) electrons. The molecule has 0 fully saturated rings. The molecular formula is C15H20N4O2. The fourth-order valence-corrected chi connectivity index (χ4v) is 2.13. The van der Waals surface area contributed by atoms with Gasteiger partial charge in [0.05, 0.1) is 19.0 Å². The molecule has 0 aliphatic rings. The van der Waals surface area contributed by atoms with Gasteiger partial charge in [0.25, 0.3) is 0 Å². The van der Waals surface area contributed by atoms with Gasteiger partial charge in [0.2, 0.25) is 5.91 Å². The number of hydrogen-bond donors (Lipinski definition) is 2. The number of amides is 1. The van der Waals surface area contributed by atoms with E-state index in [1.807, 2.05) is 24.3 Å². The minimum Gasteiger partial charge on any atom is -0.497 e. The Bertz CT molecular complexity index is 592. The van der Waals surface area contributed by atoms with Crippen LogP contribution in [0, 0.1) is 0 Å². The summed E-state index contributed by atoms with van der Waals surface area (Å²) >= 11 is 0. The number of benzene rings is 1. The number of carbonyl (C=O) groups is 1. The van der Waals surface area contributed by atoms with Crippen molar-refractivity contribution in [3.8, 4) is 5.75 Å². The molecule has 3 N–H and O–H groups in total. The average molecular weight is 288 g/mol. The summed E-state index contributed by atoms with van der Waals surface area (Å²) in [5.74, 6) is 0.447. The first-order valence-corrected chi connectivity index (χ1v) is 6.77. The molecular weight excluding hydrogens is 268 g/mol. The van der Waals surface area contributed by atoms with Gasteiger partial charge in [0.1, 0.15) is 12.3 Å². The number of primary amides is 1. The first-order valence-electron chi connectivity index (χ1n) is 6.77. The molecule has 0 spiro atoms. The van der Waals surface area contributed by atoms with E-state index in [0.29, 0.717) is 0 Å². The molecule has 1 unspecified atom stereocenters. The first-order chi connectivity index (χ1) is 10.1. The maximum atomic E-state index is 10.8. The summed E-state index contributed by atoms with van der Waals surface area (Å²) in [4.78, 5) is 10.8. The molecule has 1 amide bonds. The van der Waals surface area contributed by atoms with Gasteiger partial charge in [0, 0.05) is 12.2 Å². The van der Waals surface area contributed by atoms with E-state index in [1.165, 1.54) is 10.2 Å². The molecule has 2 aromatic rings. The van der Waals surface area contributed by atoms with E-state index in [1.54, 1.807) is 19.5 Å². The van der Waals surface area contributed by atoms with Crippen molar-refractivity contribution in [2.24, 2.45) is 5.73 Å². The quantitative estimate of drug-likeness (QED) is 0.807. The fraction of sp³-hybridized carbons (Fsp3) is 0.333. The topological polar surface area (TPSA) is 82.2 Å². The Balaban J connectivity index is 1.89. The van der Waals surface area contributed by atoms with Crippen molar-refractivity contribution in [3.63, 3.8) is 0 Å². The molecule has 1 aromatic carbocycles. The highest BCUT2D eigenvalue weighted by Crippen LogP contribution is 2.14. The number of nitrogens with one attached hydrogen (secondary N) is 1. The van der Waals surface area contributed by atoms with Gasteiger partial charge >= 0.3 is 0 Å². The number of hydrogen-bond acceptors (Lipinski definition) is 4. The SMILES string of the molecule is COc1ccc(CC(C)Nc2cnn(CC(N)=O)c2)cc1. The number of carbonyl (C=O) groups excluding carboxylic acids is 1. The van der Waals surface area contributed by atoms with Crippen LogP contribution in [-0.2, 0) is 17.8 Å². The van der Waals surface area contributed by atoms with Crippen LogP contribution in [0.25, 0.3) is 0 Å². The smallest absolute Gasteiger partial charge is 0.239 e. The van der Waals surface area contributed by atoms with Crippen molar-refractivity contribution in [2.75, 3.05) is 12.4 Å². The van der Waals surface area contributed by atoms with Crippen molar-refractivity contribution < 1.29 is 9.53 Å². The van der Waals surface area contributed by atoms with Crippen molar-refractivity contribution in [2.45, 2.75) is 25.9 Å². The van der Waals surface area contributed by atoms with Crippen LogP contribution in [0.15, 0.2) is 36.7 Å². The second kappa shape index (κ2) is 6.78. The summed E-state index contributed by atoms with van der Waals surface area (Å²) in [6.45, 7) is 2.18. The largest absolute Gasteiger partial charge is 0.497 e. The van der Waals surface area contributed by atoms with Gasteiger partial charge < -0.3 is 15.8 Å². The molecule has 0 aliphatic heterocycles.